The molecule has 178 valence electrons. The van der Waals surface area contributed by atoms with Crippen LogP contribution in [0.1, 0.15) is 0 Å². The van der Waals surface area contributed by atoms with Crippen molar-refractivity contribution in [3.8, 4) is 22.3 Å². The van der Waals surface area contributed by atoms with Crippen molar-refractivity contribution >= 4 is 43.4 Å². The summed E-state index contributed by atoms with van der Waals surface area (Å²) >= 11 is 0. The molecule has 0 amide bonds. The zero-order valence-corrected chi connectivity index (χ0v) is 20.0. The lowest BCUT2D eigenvalue weighted by Crippen LogP contribution is -2.30. The summed E-state index contributed by atoms with van der Waals surface area (Å²) in [5.74, 6) is 0. The van der Waals surface area contributed by atoms with Gasteiger partial charge in [0.1, 0.15) is 0 Å². The number of imidazole rings is 1. The van der Waals surface area contributed by atoms with Crippen LogP contribution in [0.3, 0.4) is 0 Å². The van der Waals surface area contributed by atoms with Gasteiger partial charge >= 0.3 is 5.69 Å². The molecule has 0 bridgehead atoms. The Labute approximate surface area is 214 Å². The second-order valence-corrected chi connectivity index (χ2v) is 9.67. The molecule has 0 aliphatic heterocycles. The first-order valence-corrected chi connectivity index (χ1v) is 12.4. The first-order chi connectivity index (χ1) is 18.6. The minimum Gasteiger partial charge on any atom is -0.268 e. The lowest BCUT2D eigenvalue weighted by atomic mass is 9.96. The highest BCUT2D eigenvalue weighted by Crippen LogP contribution is 2.35. The second-order valence-electron chi connectivity index (χ2n) is 9.67. The highest BCUT2D eigenvalue weighted by Gasteiger charge is 2.23. The molecule has 3 aromatic heterocycles. The average molecular weight is 491 g/mol. The predicted octanol–water partition coefficient (Wildman–Crippen LogP) is 5.94. The summed E-state index contributed by atoms with van der Waals surface area (Å²) in [6, 6.07) is 35.2. The summed E-state index contributed by atoms with van der Waals surface area (Å²) in [5, 5.41) is 3.95. The molecule has 8 aromatic rings. The van der Waals surface area contributed by atoms with Crippen molar-refractivity contribution in [1.29, 1.82) is 0 Å². The fourth-order valence-corrected chi connectivity index (χ4v) is 5.90. The van der Waals surface area contributed by atoms with Crippen LogP contribution in [0.15, 0.2) is 124 Å². The van der Waals surface area contributed by atoms with E-state index in [1.165, 1.54) is 8.80 Å². The minimum atomic E-state index is -0.626. The van der Waals surface area contributed by atoms with Crippen molar-refractivity contribution < 1.29 is 0 Å². The summed E-state index contributed by atoms with van der Waals surface area (Å²) < 4.78 is 2.33. The zero-order valence-electron chi connectivity index (χ0n) is 20.0. The molecule has 0 unspecified atom stereocenters. The second kappa shape index (κ2) is 7.37. The van der Waals surface area contributed by atoms with Crippen LogP contribution in [0.5, 0.6) is 0 Å². The largest absolute Gasteiger partial charge is 0.343 e. The molecule has 8 rings (SSSR count). The minimum absolute atomic E-state index is 0.415. The monoisotopic (exact) mass is 490 g/mol. The fourth-order valence-electron chi connectivity index (χ4n) is 5.90. The fraction of sp³-hybridized carbons (Fsp3) is 0. The summed E-state index contributed by atoms with van der Waals surface area (Å²) in [7, 11) is 0. The van der Waals surface area contributed by atoms with Crippen LogP contribution in [-0.2, 0) is 0 Å². The number of aromatic nitrogens is 2. The molecule has 5 aromatic carbocycles. The van der Waals surface area contributed by atoms with Crippen molar-refractivity contribution in [3.05, 3.63) is 140 Å². The van der Waals surface area contributed by atoms with Crippen molar-refractivity contribution in [3.63, 3.8) is 0 Å². The number of hydrogen-bond acceptors (Lipinski definition) is 3. The van der Waals surface area contributed by atoms with Gasteiger partial charge in [-0.2, -0.15) is 0 Å². The lowest BCUT2D eigenvalue weighted by Gasteiger charge is -2.10. The van der Waals surface area contributed by atoms with Crippen LogP contribution < -0.4 is 16.8 Å². The third-order valence-electron chi connectivity index (χ3n) is 7.68. The molecule has 0 saturated carbocycles. The quantitative estimate of drug-likeness (QED) is 0.282. The topological polar surface area (TPSA) is 60.0 Å². The van der Waals surface area contributed by atoms with Crippen LogP contribution in [0.4, 0.5) is 0 Å². The number of nitrogens with zero attached hydrogens (tertiary/aromatic N) is 2. The van der Waals surface area contributed by atoms with E-state index in [0.29, 0.717) is 21.8 Å². The van der Waals surface area contributed by atoms with E-state index in [1.54, 1.807) is 12.1 Å². The molecule has 0 fully saturated rings. The Morgan fingerprint density at radius 1 is 0.368 bits per heavy atom. The summed E-state index contributed by atoms with van der Waals surface area (Å²) in [4.78, 5) is 41.0. The Kier molecular flexibility index (Phi) is 4.04. The highest BCUT2D eigenvalue weighted by atomic mass is 16.2. The van der Waals surface area contributed by atoms with Crippen LogP contribution in [0.2, 0.25) is 0 Å². The number of hydrogen-bond donors (Lipinski definition) is 0. The smallest absolute Gasteiger partial charge is 0.268 e. The van der Waals surface area contributed by atoms with Crippen molar-refractivity contribution in [2.45, 2.75) is 0 Å². The van der Waals surface area contributed by atoms with E-state index in [4.69, 9.17) is 0 Å². The van der Waals surface area contributed by atoms with Crippen LogP contribution in [-0.4, -0.2) is 8.80 Å². The van der Waals surface area contributed by atoms with E-state index < -0.39 is 16.8 Å². The van der Waals surface area contributed by atoms with E-state index in [9.17, 15) is 14.4 Å². The van der Waals surface area contributed by atoms with E-state index >= 15 is 0 Å². The molecule has 0 aliphatic carbocycles. The Morgan fingerprint density at radius 2 is 0.763 bits per heavy atom. The Bertz CT molecular complexity index is 2220. The Morgan fingerprint density at radius 3 is 1.18 bits per heavy atom. The SMILES string of the molecule is O=c1c2ccc(-c3ccccc3)cc2c2ccc3c4cc(-c5ccccc5)ccc4c(=O)n4c(=O)n1c2c34. The maximum atomic E-state index is 13.7. The van der Waals surface area contributed by atoms with E-state index in [2.05, 4.69) is 0 Å². The van der Waals surface area contributed by atoms with Gasteiger partial charge in [0, 0.05) is 21.5 Å². The summed E-state index contributed by atoms with van der Waals surface area (Å²) in [6.45, 7) is 0. The highest BCUT2D eigenvalue weighted by molar-refractivity contribution is 6.20. The predicted molar refractivity (Wildman–Crippen MR) is 153 cm³/mol. The summed E-state index contributed by atoms with van der Waals surface area (Å²) in [5.41, 5.74) is 3.54. The van der Waals surface area contributed by atoms with Gasteiger partial charge < -0.3 is 0 Å². The lowest BCUT2D eigenvalue weighted by molar-refractivity contribution is 0.958. The molecule has 0 radical (unpaired) electrons. The van der Waals surface area contributed by atoms with Crippen molar-refractivity contribution in [2.75, 3.05) is 0 Å². The molecule has 5 nitrogen and oxygen atoms in total. The third kappa shape index (κ3) is 2.62. The van der Waals surface area contributed by atoms with Crippen molar-refractivity contribution in [1.82, 2.24) is 8.80 Å². The van der Waals surface area contributed by atoms with Crippen LogP contribution in [0.25, 0.3) is 65.6 Å². The Hall–Kier alpha value is -5.29. The first-order valence-electron chi connectivity index (χ1n) is 12.4. The van der Waals surface area contributed by atoms with Crippen LogP contribution >= 0.6 is 0 Å². The van der Waals surface area contributed by atoms with Gasteiger partial charge in [0.2, 0.25) is 0 Å². The molecule has 0 spiro atoms. The van der Waals surface area contributed by atoms with Gasteiger partial charge in [-0.1, -0.05) is 84.9 Å². The van der Waals surface area contributed by atoms with Gasteiger partial charge in [0.25, 0.3) is 11.1 Å². The van der Waals surface area contributed by atoms with Gasteiger partial charge in [0.15, 0.2) is 0 Å². The molecule has 5 heteroatoms. The first kappa shape index (κ1) is 20.9. The number of rotatable bonds is 2. The number of pyridine rings is 2. The van der Waals surface area contributed by atoms with Gasteiger partial charge in [-0.25, -0.2) is 13.6 Å². The molecule has 3 heterocycles. The molecule has 0 atom stereocenters. The van der Waals surface area contributed by atoms with Gasteiger partial charge in [-0.3, -0.25) is 9.59 Å². The summed E-state index contributed by atoms with van der Waals surface area (Å²) in [6.07, 6.45) is 0. The van der Waals surface area contributed by atoms with Gasteiger partial charge in [0.05, 0.1) is 11.0 Å². The number of fused-ring (bicyclic) bond motifs is 4. The standard InChI is InChI=1S/C33H18N2O3/c36-31-25-13-11-21(19-7-3-1-4-8-19)17-27(25)23-15-16-24-28-18-22(20-9-5-2-6-10-20)12-14-26(28)32(37)35-30(24)29(23)34(31)33(35)38/h1-18H. The normalized spacial score (nSPS) is 12.0. The Balaban J connectivity index is 1.55. The average Bonchev–Trinajstić information content (AvgIpc) is 3.29. The van der Waals surface area contributed by atoms with E-state index in [0.717, 1.165) is 43.8 Å². The zero-order chi connectivity index (χ0) is 25.5. The molecule has 0 N–H and O–H groups in total. The molecular weight excluding hydrogens is 472 g/mol. The molecular formula is C33H18N2O3. The van der Waals surface area contributed by atoms with Crippen molar-refractivity contribution in [2.24, 2.45) is 0 Å². The van der Waals surface area contributed by atoms with E-state index in [-0.39, 0.29) is 0 Å². The van der Waals surface area contributed by atoms with E-state index in [1.807, 2.05) is 97.1 Å². The van der Waals surface area contributed by atoms with Gasteiger partial charge in [-0.15, -0.1) is 0 Å². The van der Waals surface area contributed by atoms with Gasteiger partial charge in [-0.05, 0) is 57.3 Å². The number of benzene rings is 5. The third-order valence-corrected chi connectivity index (χ3v) is 7.68. The maximum absolute atomic E-state index is 13.7. The van der Waals surface area contributed by atoms with Crippen LogP contribution in [0, 0.1) is 0 Å². The molecule has 0 saturated heterocycles. The maximum Gasteiger partial charge on any atom is 0.343 e. The molecule has 38 heavy (non-hydrogen) atoms. The molecule has 0 aliphatic rings.